The summed E-state index contributed by atoms with van der Waals surface area (Å²) in [7, 11) is 0. The van der Waals surface area contributed by atoms with Gasteiger partial charge >= 0.3 is 6.03 Å². The van der Waals surface area contributed by atoms with Gasteiger partial charge in [0.25, 0.3) is 0 Å². The predicted octanol–water partition coefficient (Wildman–Crippen LogP) is 2.72. The summed E-state index contributed by atoms with van der Waals surface area (Å²) in [6.45, 7) is 1.94. The summed E-state index contributed by atoms with van der Waals surface area (Å²) in [5, 5.41) is 15.8. The van der Waals surface area contributed by atoms with Crippen LogP contribution in [0.2, 0.25) is 0 Å². The van der Waals surface area contributed by atoms with Crippen molar-refractivity contribution in [2.45, 2.75) is 94.9 Å². The summed E-state index contributed by atoms with van der Waals surface area (Å²) in [4.78, 5) is 12.4. The average molecular weight is 324 g/mol. The topological polar surface area (TPSA) is 70.6 Å². The van der Waals surface area contributed by atoms with E-state index in [1.165, 1.54) is 32.1 Å². The molecule has 0 heterocycles. The summed E-state index contributed by atoms with van der Waals surface area (Å²) in [6, 6.07) is -0.0492. The van der Waals surface area contributed by atoms with Gasteiger partial charge < -0.3 is 20.5 Å². The summed E-state index contributed by atoms with van der Waals surface area (Å²) < 4.78 is 6.29. The van der Waals surface area contributed by atoms with Gasteiger partial charge in [-0.1, -0.05) is 25.7 Å². The van der Waals surface area contributed by atoms with E-state index in [1.54, 1.807) is 0 Å². The van der Waals surface area contributed by atoms with Crippen molar-refractivity contribution in [1.29, 1.82) is 0 Å². The van der Waals surface area contributed by atoms with Crippen LogP contribution in [0, 0.1) is 5.92 Å². The number of aliphatic hydroxyl groups is 1. The quantitative estimate of drug-likeness (QED) is 0.703. The third kappa shape index (κ3) is 4.38. The van der Waals surface area contributed by atoms with Gasteiger partial charge in [0.1, 0.15) is 0 Å². The minimum Gasteiger partial charge on any atom is -0.394 e. The second kappa shape index (κ2) is 7.39. The van der Waals surface area contributed by atoms with E-state index in [0.29, 0.717) is 12.0 Å². The van der Waals surface area contributed by atoms with Crippen molar-refractivity contribution in [3.05, 3.63) is 0 Å². The lowest BCUT2D eigenvalue weighted by Crippen LogP contribution is -2.58. The van der Waals surface area contributed by atoms with E-state index in [4.69, 9.17) is 4.74 Å². The van der Waals surface area contributed by atoms with Gasteiger partial charge in [-0.3, -0.25) is 0 Å². The Bertz CT molecular complexity index is 407. The average Bonchev–Trinajstić information content (AvgIpc) is 3.28. The van der Waals surface area contributed by atoms with E-state index < -0.39 is 5.54 Å². The molecule has 3 N–H and O–H groups in total. The third-order valence-electron chi connectivity index (χ3n) is 5.89. The Morgan fingerprint density at radius 2 is 1.74 bits per heavy atom. The molecule has 3 aliphatic rings. The van der Waals surface area contributed by atoms with Crippen LogP contribution in [-0.4, -0.2) is 41.5 Å². The van der Waals surface area contributed by atoms with Crippen LogP contribution >= 0.6 is 0 Å². The second-order valence-corrected chi connectivity index (χ2v) is 7.92. The highest BCUT2D eigenvalue weighted by Gasteiger charge is 2.42. The molecule has 0 aromatic rings. The van der Waals surface area contributed by atoms with Gasteiger partial charge in [-0.05, 0) is 51.4 Å². The third-order valence-corrected chi connectivity index (χ3v) is 5.89. The maximum absolute atomic E-state index is 12.4. The zero-order valence-corrected chi connectivity index (χ0v) is 14.4. The number of carbonyl (C=O) groups excluding carboxylic acids is 1. The molecule has 3 fully saturated rings. The van der Waals surface area contributed by atoms with Crippen molar-refractivity contribution < 1.29 is 14.6 Å². The van der Waals surface area contributed by atoms with E-state index in [1.807, 2.05) is 6.92 Å². The largest absolute Gasteiger partial charge is 0.394 e. The van der Waals surface area contributed by atoms with Gasteiger partial charge in [0.05, 0.1) is 30.4 Å². The van der Waals surface area contributed by atoms with Crippen LogP contribution in [0.15, 0.2) is 0 Å². The van der Waals surface area contributed by atoms with Crippen molar-refractivity contribution in [1.82, 2.24) is 10.6 Å². The number of urea groups is 1. The number of rotatable bonds is 6. The minimum atomic E-state index is -0.486. The van der Waals surface area contributed by atoms with E-state index in [9.17, 15) is 9.90 Å². The normalized spacial score (nSPS) is 31.6. The number of hydrogen-bond acceptors (Lipinski definition) is 3. The first-order valence-electron chi connectivity index (χ1n) is 9.46. The maximum atomic E-state index is 12.4. The molecular weight excluding hydrogens is 292 g/mol. The molecule has 3 aliphatic carbocycles. The Balaban J connectivity index is 1.52. The number of amides is 2. The van der Waals surface area contributed by atoms with E-state index in [2.05, 4.69) is 10.6 Å². The Labute approximate surface area is 139 Å². The molecule has 0 bridgehead atoms. The number of ether oxygens (including phenoxy) is 1. The highest BCUT2D eigenvalue weighted by Crippen LogP contribution is 2.39. The van der Waals surface area contributed by atoms with Gasteiger partial charge in [-0.25, -0.2) is 4.79 Å². The molecule has 5 nitrogen and oxygen atoms in total. The fourth-order valence-electron chi connectivity index (χ4n) is 4.15. The number of aliphatic hydroxyl groups excluding tert-OH is 1. The minimum absolute atomic E-state index is 0.00223. The first-order chi connectivity index (χ1) is 11.1. The van der Waals surface area contributed by atoms with Crippen LogP contribution in [0.4, 0.5) is 4.79 Å². The molecule has 5 heteroatoms. The molecule has 0 aromatic heterocycles. The van der Waals surface area contributed by atoms with Crippen LogP contribution in [0.25, 0.3) is 0 Å². The molecule has 3 unspecified atom stereocenters. The lowest BCUT2D eigenvalue weighted by atomic mass is 9.92. The van der Waals surface area contributed by atoms with Gasteiger partial charge in [0.2, 0.25) is 0 Å². The monoisotopic (exact) mass is 324 g/mol. The number of hydrogen-bond donors (Lipinski definition) is 3. The highest BCUT2D eigenvalue weighted by atomic mass is 16.5. The molecule has 0 aromatic carbocycles. The molecule has 23 heavy (non-hydrogen) atoms. The zero-order chi connectivity index (χ0) is 16.3. The Hall–Kier alpha value is -0.810. The first-order valence-corrected chi connectivity index (χ1v) is 9.46. The first kappa shape index (κ1) is 17.0. The molecule has 3 saturated carbocycles. The molecule has 3 rings (SSSR count). The summed E-state index contributed by atoms with van der Waals surface area (Å²) in [5.41, 5.74) is -0.486. The molecule has 0 aliphatic heterocycles. The molecule has 0 saturated heterocycles. The van der Waals surface area contributed by atoms with E-state index in [-0.39, 0.29) is 24.8 Å². The Morgan fingerprint density at radius 1 is 1.09 bits per heavy atom. The van der Waals surface area contributed by atoms with Crippen molar-refractivity contribution in [2.24, 2.45) is 5.92 Å². The zero-order valence-electron chi connectivity index (χ0n) is 14.4. The predicted molar refractivity (Wildman–Crippen MR) is 89.3 cm³/mol. The highest BCUT2D eigenvalue weighted by molar-refractivity contribution is 5.75. The number of nitrogens with one attached hydrogen (secondary N) is 2. The molecular formula is C18H32N2O3. The van der Waals surface area contributed by atoms with E-state index >= 15 is 0 Å². The summed E-state index contributed by atoms with van der Waals surface area (Å²) in [5.74, 6) is 0.412. The lowest BCUT2D eigenvalue weighted by Gasteiger charge is -2.35. The van der Waals surface area contributed by atoms with Crippen molar-refractivity contribution in [3.63, 3.8) is 0 Å². The second-order valence-electron chi connectivity index (χ2n) is 7.92. The van der Waals surface area contributed by atoms with Crippen LogP contribution in [-0.2, 0) is 4.74 Å². The number of carbonyl (C=O) groups is 1. The molecule has 132 valence electrons. The van der Waals surface area contributed by atoms with Crippen molar-refractivity contribution in [3.8, 4) is 0 Å². The van der Waals surface area contributed by atoms with Crippen molar-refractivity contribution in [2.75, 3.05) is 6.61 Å². The standard InChI is InChI=1S/C18H32N2O3/c1-18(12-21,13-10-11-13)20-17(22)19-15-8-4-5-9-16(15)23-14-6-2-3-7-14/h13-16,21H,2-12H2,1H3,(H2,19,20,22). The Kier molecular flexibility index (Phi) is 5.47. The van der Waals surface area contributed by atoms with E-state index in [0.717, 1.165) is 32.1 Å². The van der Waals surface area contributed by atoms with Gasteiger partial charge in [0.15, 0.2) is 0 Å². The van der Waals surface area contributed by atoms with Gasteiger partial charge in [0, 0.05) is 0 Å². The molecule has 0 spiro atoms. The summed E-state index contributed by atoms with van der Waals surface area (Å²) >= 11 is 0. The van der Waals surface area contributed by atoms with Crippen LogP contribution in [0.5, 0.6) is 0 Å². The smallest absolute Gasteiger partial charge is 0.315 e. The fourth-order valence-corrected chi connectivity index (χ4v) is 4.15. The molecule has 3 atom stereocenters. The van der Waals surface area contributed by atoms with Gasteiger partial charge in [-0.15, -0.1) is 0 Å². The maximum Gasteiger partial charge on any atom is 0.315 e. The SMILES string of the molecule is CC(CO)(NC(=O)NC1CCCCC1OC1CCCC1)C1CC1. The van der Waals surface area contributed by atoms with Crippen LogP contribution in [0.1, 0.15) is 71.1 Å². The van der Waals surface area contributed by atoms with Crippen LogP contribution in [0.3, 0.4) is 0 Å². The van der Waals surface area contributed by atoms with Crippen molar-refractivity contribution >= 4 is 6.03 Å². The Morgan fingerprint density at radius 3 is 2.39 bits per heavy atom. The molecule has 2 amide bonds. The van der Waals surface area contributed by atoms with Crippen LogP contribution < -0.4 is 10.6 Å². The molecule has 0 radical (unpaired) electrons. The summed E-state index contributed by atoms with van der Waals surface area (Å²) in [6.07, 6.45) is 12.0. The lowest BCUT2D eigenvalue weighted by molar-refractivity contribution is -0.0412. The fraction of sp³-hybridized carbons (Fsp3) is 0.944. The van der Waals surface area contributed by atoms with Gasteiger partial charge in [-0.2, -0.15) is 0 Å².